The van der Waals surface area contributed by atoms with E-state index in [1.165, 1.54) is 11.1 Å². The Hall–Kier alpha value is -1.13. The molecule has 3 nitrogen and oxygen atoms in total. The van der Waals surface area contributed by atoms with Gasteiger partial charge in [-0.3, -0.25) is 4.98 Å². The number of fused-ring (bicyclic) bond motifs is 1. The van der Waals surface area contributed by atoms with E-state index in [9.17, 15) is 0 Å². The van der Waals surface area contributed by atoms with E-state index in [0.717, 1.165) is 23.1 Å². The summed E-state index contributed by atoms with van der Waals surface area (Å²) in [7, 11) is 6.31. The van der Waals surface area contributed by atoms with Gasteiger partial charge in [0.25, 0.3) is 0 Å². The number of nitrogens with zero attached hydrogens (tertiary/aromatic N) is 3. The zero-order valence-electron chi connectivity index (χ0n) is 11.0. The molecule has 0 aliphatic heterocycles. The second-order valence-corrected chi connectivity index (χ2v) is 5.63. The summed E-state index contributed by atoms with van der Waals surface area (Å²) < 4.78 is 1.09. The number of likely N-dealkylation sites (N-methyl/N-ethyl adjacent to an activating group) is 2. The van der Waals surface area contributed by atoms with Gasteiger partial charge in [-0.25, -0.2) is 0 Å². The number of hydrogen-bond acceptors (Lipinski definition) is 3. The molecule has 1 heterocycles. The lowest BCUT2D eigenvalue weighted by Crippen LogP contribution is -2.28. The van der Waals surface area contributed by atoms with Gasteiger partial charge in [0.15, 0.2) is 0 Å². The van der Waals surface area contributed by atoms with Crippen LogP contribution in [0, 0.1) is 0 Å². The first kappa shape index (κ1) is 13.3. The molecule has 4 heteroatoms. The molecule has 96 valence electrons. The van der Waals surface area contributed by atoms with Crippen LogP contribution in [-0.2, 0) is 0 Å². The van der Waals surface area contributed by atoms with Crippen molar-refractivity contribution in [2.45, 2.75) is 0 Å². The van der Waals surface area contributed by atoms with Gasteiger partial charge in [0.05, 0.1) is 5.52 Å². The zero-order valence-corrected chi connectivity index (χ0v) is 12.6. The Labute approximate surface area is 117 Å². The van der Waals surface area contributed by atoms with E-state index in [2.05, 4.69) is 64.0 Å². The van der Waals surface area contributed by atoms with Crippen molar-refractivity contribution in [2.75, 3.05) is 39.1 Å². The lowest BCUT2D eigenvalue weighted by molar-refractivity contribution is 0.416. The van der Waals surface area contributed by atoms with E-state index in [0.29, 0.717) is 0 Å². The Kier molecular flexibility index (Phi) is 4.19. The Morgan fingerprint density at radius 2 is 1.89 bits per heavy atom. The SMILES string of the molecule is CN(C)CCN(C)c1ccnc2ccc(Br)cc12. The van der Waals surface area contributed by atoms with Crippen molar-refractivity contribution >= 4 is 32.5 Å². The molecule has 0 aliphatic rings. The maximum absolute atomic E-state index is 4.40. The van der Waals surface area contributed by atoms with Crippen LogP contribution < -0.4 is 4.90 Å². The Morgan fingerprint density at radius 3 is 2.61 bits per heavy atom. The zero-order chi connectivity index (χ0) is 13.1. The molecule has 0 bridgehead atoms. The first-order valence-corrected chi connectivity index (χ1v) is 6.77. The molecule has 0 saturated carbocycles. The highest BCUT2D eigenvalue weighted by atomic mass is 79.9. The van der Waals surface area contributed by atoms with Gasteiger partial charge in [0, 0.05) is 41.9 Å². The highest BCUT2D eigenvalue weighted by molar-refractivity contribution is 9.10. The molecule has 0 unspecified atom stereocenters. The van der Waals surface area contributed by atoms with Crippen molar-refractivity contribution in [3.63, 3.8) is 0 Å². The second-order valence-electron chi connectivity index (χ2n) is 4.72. The van der Waals surface area contributed by atoms with Gasteiger partial charge in [0.1, 0.15) is 0 Å². The van der Waals surface area contributed by atoms with Crippen LogP contribution in [0.25, 0.3) is 10.9 Å². The van der Waals surface area contributed by atoms with Gasteiger partial charge in [-0.2, -0.15) is 0 Å². The van der Waals surface area contributed by atoms with Crippen LogP contribution in [0.1, 0.15) is 0 Å². The molecule has 2 rings (SSSR count). The average molecular weight is 308 g/mol. The third kappa shape index (κ3) is 3.00. The summed E-state index contributed by atoms with van der Waals surface area (Å²) in [5.41, 5.74) is 2.26. The fourth-order valence-electron chi connectivity index (χ4n) is 1.91. The van der Waals surface area contributed by atoms with Crippen LogP contribution in [0.3, 0.4) is 0 Å². The van der Waals surface area contributed by atoms with Gasteiger partial charge < -0.3 is 9.80 Å². The van der Waals surface area contributed by atoms with Crippen molar-refractivity contribution in [1.29, 1.82) is 0 Å². The van der Waals surface area contributed by atoms with E-state index in [1.54, 1.807) is 0 Å². The van der Waals surface area contributed by atoms with Crippen molar-refractivity contribution in [2.24, 2.45) is 0 Å². The molecule has 1 aromatic carbocycles. The summed E-state index contributed by atoms with van der Waals surface area (Å²) in [5, 5.41) is 1.19. The number of anilines is 1. The number of pyridine rings is 1. The molecular weight excluding hydrogens is 290 g/mol. The predicted molar refractivity (Wildman–Crippen MR) is 81.3 cm³/mol. The summed E-state index contributed by atoms with van der Waals surface area (Å²) in [4.78, 5) is 8.87. The first-order valence-electron chi connectivity index (χ1n) is 5.98. The normalized spacial score (nSPS) is 11.2. The van der Waals surface area contributed by atoms with Crippen LogP contribution in [-0.4, -0.2) is 44.1 Å². The van der Waals surface area contributed by atoms with Crippen LogP contribution >= 0.6 is 15.9 Å². The summed E-state index contributed by atoms with van der Waals surface area (Å²) in [6.45, 7) is 2.03. The second kappa shape index (κ2) is 5.67. The molecule has 0 radical (unpaired) electrons. The lowest BCUT2D eigenvalue weighted by Gasteiger charge is -2.22. The average Bonchev–Trinajstić information content (AvgIpc) is 2.35. The molecule has 1 aromatic heterocycles. The van der Waals surface area contributed by atoms with E-state index in [-0.39, 0.29) is 0 Å². The number of benzene rings is 1. The Balaban J connectivity index is 2.34. The van der Waals surface area contributed by atoms with E-state index >= 15 is 0 Å². The van der Waals surface area contributed by atoms with E-state index in [1.807, 2.05) is 18.3 Å². The van der Waals surface area contributed by atoms with Gasteiger partial charge in [-0.1, -0.05) is 15.9 Å². The number of aromatic nitrogens is 1. The van der Waals surface area contributed by atoms with Gasteiger partial charge in [-0.05, 0) is 38.4 Å². The molecule has 0 aliphatic carbocycles. The summed E-state index contributed by atoms with van der Waals surface area (Å²) in [5.74, 6) is 0. The van der Waals surface area contributed by atoms with Crippen LogP contribution in [0.2, 0.25) is 0 Å². The van der Waals surface area contributed by atoms with Crippen LogP contribution in [0.15, 0.2) is 34.9 Å². The molecule has 18 heavy (non-hydrogen) atoms. The standard InChI is InChI=1S/C14H18BrN3/c1-17(2)8-9-18(3)14-6-7-16-13-5-4-11(15)10-12(13)14/h4-7,10H,8-9H2,1-3H3. The smallest absolute Gasteiger partial charge is 0.0723 e. The predicted octanol–water partition coefficient (Wildman–Crippen LogP) is 3.00. The third-order valence-electron chi connectivity index (χ3n) is 2.97. The summed E-state index contributed by atoms with van der Waals surface area (Å²) >= 11 is 3.52. The van der Waals surface area contributed by atoms with Crippen molar-refractivity contribution in [3.8, 4) is 0 Å². The third-order valence-corrected chi connectivity index (χ3v) is 3.47. The first-order chi connectivity index (χ1) is 8.58. The highest BCUT2D eigenvalue weighted by Gasteiger charge is 2.07. The summed E-state index contributed by atoms with van der Waals surface area (Å²) in [6, 6.07) is 8.27. The van der Waals surface area contributed by atoms with Crippen molar-refractivity contribution in [1.82, 2.24) is 9.88 Å². The molecule has 2 aromatic rings. The molecule has 0 atom stereocenters. The Morgan fingerprint density at radius 1 is 1.11 bits per heavy atom. The minimum atomic E-state index is 0.999. The minimum Gasteiger partial charge on any atom is -0.373 e. The van der Waals surface area contributed by atoms with Gasteiger partial charge in [0.2, 0.25) is 0 Å². The van der Waals surface area contributed by atoms with Gasteiger partial charge >= 0.3 is 0 Å². The molecule has 0 saturated heterocycles. The Bertz CT molecular complexity index is 540. The van der Waals surface area contributed by atoms with Crippen LogP contribution in [0.5, 0.6) is 0 Å². The molecular formula is C14H18BrN3. The quantitative estimate of drug-likeness (QED) is 0.865. The fraction of sp³-hybridized carbons (Fsp3) is 0.357. The van der Waals surface area contributed by atoms with E-state index < -0.39 is 0 Å². The van der Waals surface area contributed by atoms with Gasteiger partial charge in [-0.15, -0.1) is 0 Å². The molecule has 0 amide bonds. The fourth-order valence-corrected chi connectivity index (χ4v) is 2.27. The molecule has 0 N–H and O–H groups in total. The lowest BCUT2D eigenvalue weighted by atomic mass is 10.2. The van der Waals surface area contributed by atoms with Crippen molar-refractivity contribution in [3.05, 3.63) is 34.9 Å². The number of hydrogen-bond donors (Lipinski definition) is 0. The highest BCUT2D eigenvalue weighted by Crippen LogP contribution is 2.27. The maximum Gasteiger partial charge on any atom is 0.0723 e. The number of rotatable bonds is 4. The largest absolute Gasteiger partial charge is 0.373 e. The van der Waals surface area contributed by atoms with Crippen molar-refractivity contribution < 1.29 is 0 Å². The topological polar surface area (TPSA) is 19.4 Å². The minimum absolute atomic E-state index is 0.999. The monoisotopic (exact) mass is 307 g/mol. The number of halogens is 1. The van der Waals surface area contributed by atoms with E-state index in [4.69, 9.17) is 0 Å². The van der Waals surface area contributed by atoms with Crippen LogP contribution in [0.4, 0.5) is 5.69 Å². The molecule has 0 spiro atoms. The summed E-state index contributed by atoms with van der Waals surface area (Å²) in [6.07, 6.45) is 1.87. The molecule has 0 fully saturated rings. The maximum atomic E-state index is 4.40.